The molecule has 156 valence electrons. The van der Waals surface area contributed by atoms with E-state index in [2.05, 4.69) is 0 Å². The molecule has 3 aromatic carbocycles. The number of hydrogen-bond acceptors (Lipinski definition) is 6. The average Bonchev–Trinajstić information content (AvgIpc) is 2.79. The smallest absolute Gasteiger partial charge is 0.279 e. The fourth-order valence-corrected chi connectivity index (χ4v) is 4.36. The summed E-state index contributed by atoms with van der Waals surface area (Å²) >= 11 is 0. The second-order valence-electron chi connectivity index (χ2n) is 6.12. The molecule has 0 fully saturated rings. The molecule has 0 saturated heterocycles. The van der Waals surface area contributed by atoms with Gasteiger partial charge in [0.25, 0.3) is 15.9 Å². The van der Waals surface area contributed by atoms with Crippen LogP contribution in [0.1, 0.15) is 10.4 Å². The Labute approximate surface area is 175 Å². The molecule has 0 radical (unpaired) electrons. The minimum Gasteiger partial charge on any atom is -0.497 e. The van der Waals surface area contributed by atoms with E-state index in [1.165, 1.54) is 45.6 Å². The van der Waals surface area contributed by atoms with Crippen LogP contribution in [0.4, 0.5) is 5.69 Å². The molecule has 0 aliphatic rings. The van der Waals surface area contributed by atoms with Crippen LogP contribution in [0.15, 0.2) is 77.7 Å². The minimum absolute atomic E-state index is 0.00201. The molecule has 1 amide bonds. The number of nitrogens with zero attached hydrogens (tertiary/aromatic N) is 1. The van der Waals surface area contributed by atoms with Crippen molar-refractivity contribution in [3.05, 3.63) is 78.4 Å². The van der Waals surface area contributed by atoms with Crippen LogP contribution in [0.25, 0.3) is 0 Å². The number of benzene rings is 3. The summed E-state index contributed by atoms with van der Waals surface area (Å²) in [7, 11) is 0.0548. The lowest BCUT2D eigenvalue weighted by molar-refractivity contribution is 0.0999. The first-order valence-corrected chi connectivity index (χ1v) is 10.4. The number of sulfonamides is 1. The Bertz CT molecular complexity index is 1110. The molecule has 30 heavy (non-hydrogen) atoms. The zero-order valence-electron chi connectivity index (χ0n) is 16.7. The third kappa shape index (κ3) is 3.95. The Morgan fingerprint density at radius 3 is 1.80 bits per heavy atom. The molecule has 0 atom stereocenters. The second-order valence-corrected chi connectivity index (χ2v) is 7.91. The van der Waals surface area contributed by atoms with E-state index < -0.39 is 15.9 Å². The molecule has 3 aromatic rings. The van der Waals surface area contributed by atoms with E-state index in [1.807, 2.05) is 0 Å². The fraction of sp³-hybridized carbons (Fsp3) is 0.136. The van der Waals surface area contributed by atoms with Crippen LogP contribution in [-0.4, -0.2) is 35.7 Å². The lowest BCUT2D eigenvalue weighted by Gasteiger charge is -2.24. The lowest BCUT2D eigenvalue weighted by atomic mass is 10.1. The Kier molecular flexibility index (Phi) is 6.27. The standard InChI is InChI=1S/C22H21NO6S/c1-27-17-14-12-16(13-15-17)23(30(25,26)18-8-5-4-6-9-18)22(24)21-19(28-2)10-7-11-20(21)29-3/h4-15H,1-3H3. The highest BCUT2D eigenvalue weighted by Gasteiger charge is 2.35. The molecular formula is C22H21NO6S. The van der Waals surface area contributed by atoms with Gasteiger partial charge in [0.05, 0.1) is 31.9 Å². The van der Waals surface area contributed by atoms with Gasteiger partial charge in [0, 0.05) is 0 Å². The van der Waals surface area contributed by atoms with Gasteiger partial charge in [-0.2, -0.15) is 4.31 Å². The number of amides is 1. The van der Waals surface area contributed by atoms with Crippen molar-refractivity contribution in [2.75, 3.05) is 25.6 Å². The Hall–Kier alpha value is -3.52. The number of anilines is 1. The van der Waals surface area contributed by atoms with E-state index in [1.54, 1.807) is 48.5 Å². The zero-order chi connectivity index (χ0) is 21.7. The van der Waals surface area contributed by atoms with Gasteiger partial charge in [-0.05, 0) is 48.5 Å². The van der Waals surface area contributed by atoms with Gasteiger partial charge in [0.15, 0.2) is 0 Å². The van der Waals surface area contributed by atoms with Crippen LogP contribution in [0.3, 0.4) is 0 Å². The quantitative estimate of drug-likeness (QED) is 0.571. The number of rotatable bonds is 7. The minimum atomic E-state index is -4.24. The summed E-state index contributed by atoms with van der Waals surface area (Å²) in [6.45, 7) is 0. The molecule has 0 aliphatic heterocycles. The highest BCUT2D eigenvalue weighted by Crippen LogP contribution is 2.34. The normalized spacial score (nSPS) is 10.9. The molecule has 0 unspecified atom stereocenters. The SMILES string of the molecule is COc1ccc(N(C(=O)c2c(OC)cccc2OC)S(=O)(=O)c2ccccc2)cc1. The molecule has 0 aliphatic carbocycles. The first-order valence-electron chi connectivity index (χ1n) is 8.93. The summed E-state index contributed by atoms with van der Waals surface area (Å²) in [6, 6.07) is 18.7. The first-order chi connectivity index (χ1) is 14.4. The highest BCUT2D eigenvalue weighted by molar-refractivity contribution is 7.93. The molecule has 0 bridgehead atoms. The van der Waals surface area contributed by atoms with E-state index >= 15 is 0 Å². The number of ether oxygens (including phenoxy) is 3. The van der Waals surface area contributed by atoms with E-state index in [9.17, 15) is 13.2 Å². The van der Waals surface area contributed by atoms with Gasteiger partial charge in [-0.3, -0.25) is 4.79 Å². The monoisotopic (exact) mass is 427 g/mol. The summed E-state index contributed by atoms with van der Waals surface area (Å²) in [5.41, 5.74) is 0.149. The van der Waals surface area contributed by atoms with E-state index in [0.717, 1.165) is 4.31 Å². The molecule has 7 nitrogen and oxygen atoms in total. The molecular weight excluding hydrogens is 406 g/mol. The Morgan fingerprint density at radius 2 is 1.30 bits per heavy atom. The van der Waals surface area contributed by atoms with Crippen molar-refractivity contribution in [1.82, 2.24) is 0 Å². The third-order valence-corrected chi connectivity index (χ3v) is 6.14. The van der Waals surface area contributed by atoms with Crippen LogP contribution in [0.2, 0.25) is 0 Å². The molecule has 0 spiro atoms. The van der Waals surface area contributed by atoms with Crippen LogP contribution in [-0.2, 0) is 10.0 Å². The average molecular weight is 427 g/mol. The van der Waals surface area contributed by atoms with Gasteiger partial charge < -0.3 is 14.2 Å². The maximum absolute atomic E-state index is 13.6. The van der Waals surface area contributed by atoms with Gasteiger partial charge in [0.1, 0.15) is 22.8 Å². The van der Waals surface area contributed by atoms with Crippen molar-refractivity contribution < 1.29 is 27.4 Å². The molecule has 0 saturated carbocycles. The molecule has 0 heterocycles. The number of hydrogen-bond donors (Lipinski definition) is 0. The van der Waals surface area contributed by atoms with Gasteiger partial charge in [-0.25, -0.2) is 8.42 Å². The maximum Gasteiger partial charge on any atom is 0.279 e. The topological polar surface area (TPSA) is 82.1 Å². The van der Waals surface area contributed by atoms with Gasteiger partial charge >= 0.3 is 0 Å². The van der Waals surface area contributed by atoms with Crippen LogP contribution < -0.4 is 18.5 Å². The third-order valence-electron chi connectivity index (χ3n) is 4.41. The van der Waals surface area contributed by atoms with E-state index in [-0.39, 0.29) is 27.6 Å². The summed E-state index contributed by atoms with van der Waals surface area (Å²) < 4.78 is 43.5. The summed E-state index contributed by atoms with van der Waals surface area (Å²) in [6.07, 6.45) is 0. The van der Waals surface area contributed by atoms with Crippen molar-refractivity contribution in [3.63, 3.8) is 0 Å². The van der Waals surface area contributed by atoms with Crippen LogP contribution in [0.5, 0.6) is 17.2 Å². The summed E-state index contributed by atoms with van der Waals surface area (Å²) in [4.78, 5) is 13.6. The van der Waals surface area contributed by atoms with E-state index in [4.69, 9.17) is 14.2 Å². The van der Waals surface area contributed by atoms with Crippen LogP contribution in [0, 0.1) is 0 Å². The fourth-order valence-electron chi connectivity index (χ4n) is 2.94. The predicted molar refractivity (Wildman–Crippen MR) is 113 cm³/mol. The number of carbonyl (C=O) groups is 1. The number of carbonyl (C=O) groups excluding carboxylic acids is 1. The van der Waals surface area contributed by atoms with Crippen molar-refractivity contribution >= 4 is 21.6 Å². The van der Waals surface area contributed by atoms with Crippen molar-refractivity contribution in [2.24, 2.45) is 0 Å². The van der Waals surface area contributed by atoms with Gasteiger partial charge in [-0.15, -0.1) is 0 Å². The van der Waals surface area contributed by atoms with Crippen LogP contribution >= 0.6 is 0 Å². The highest BCUT2D eigenvalue weighted by atomic mass is 32.2. The summed E-state index contributed by atoms with van der Waals surface area (Å²) in [5, 5.41) is 0. The largest absolute Gasteiger partial charge is 0.497 e. The van der Waals surface area contributed by atoms with Gasteiger partial charge in [-0.1, -0.05) is 24.3 Å². The number of methoxy groups -OCH3 is 3. The maximum atomic E-state index is 13.6. The second kappa shape index (κ2) is 8.87. The molecule has 0 N–H and O–H groups in total. The lowest BCUT2D eigenvalue weighted by Crippen LogP contribution is -2.37. The molecule has 3 rings (SSSR count). The molecule has 8 heteroatoms. The molecule has 0 aromatic heterocycles. The van der Waals surface area contributed by atoms with Crippen molar-refractivity contribution in [2.45, 2.75) is 4.90 Å². The van der Waals surface area contributed by atoms with Crippen molar-refractivity contribution in [1.29, 1.82) is 0 Å². The summed E-state index contributed by atoms with van der Waals surface area (Å²) in [5.74, 6) is 0.110. The van der Waals surface area contributed by atoms with E-state index in [0.29, 0.717) is 5.75 Å². The Morgan fingerprint density at radius 1 is 0.733 bits per heavy atom. The van der Waals surface area contributed by atoms with Gasteiger partial charge in [0.2, 0.25) is 0 Å². The Balaban J connectivity index is 2.24. The zero-order valence-corrected chi connectivity index (χ0v) is 17.5. The van der Waals surface area contributed by atoms with Crippen molar-refractivity contribution in [3.8, 4) is 17.2 Å². The predicted octanol–water partition coefficient (Wildman–Crippen LogP) is 3.75. The first kappa shape index (κ1) is 21.2.